The predicted octanol–water partition coefficient (Wildman–Crippen LogP) is 2.24. The van der Waals surface area contributed by atoms with E-state index in [0.717, 1.165) is 0 Å². The summed E-state index contributed by atoms with van der Waals surface area (Å²) >= 11 is 0. The summed E-state index contributed by atoms with van der Waals surface area (Å²) in [5.74, 6) is -1.17. The van der Waals surface area contributed by atoms with Gasteiger partial charge in [0.25, 0.3) is 0 Å². The smallest absolute Gasteiger partial charge is 0.338 e. The summed E-state index contributed by atoms with van der Waals surface area (Å²) in [5.41, 5.74) is -0.751. The van der Waals surface area contributed by atoms with Crippen LogP contribution in [0.3, 0.4) is 0 Å². The molecule has 0 unspecified atom stereocenters. The number of amides is 1. The fourth-order valence-corrected chi connectivity index (χ4v) is 2.99. The Balaban J connectivity index is 3.06. The van der Waals surface area contributed by atoms with Crippen molar-refractivity contribution in [2.75, 3.05) is 13.7 Å². The molecule has 6 heteroatoms. The number of hydrogen-bond acceptors (Lipinski definition) is 4. The Kier molecular flexibility index (Phi) is 4.75. The van der Waals surface area contributed by atoms with Crippen LogP contribution in [-0.4, -0.2) is 39.4 Å². The second kappa shape index (κ2) is 5.57. The van der Waals surface area contributed by atoms with Gasteiger partial charge in [0, 0.05) is 0 Å². The largest absolute Gasteiger partial charge is 0.467 e. The Labute approximate surface area is 128 Å². The summed E-state index contributed by atoms with van der Waals surface area (Å²) in [7, 11) is -0.747. The molecule has 21 heavy (non-hydrogen) atoms. The molecule has 0 aromatic rings. The van der Waals surface area contributed by atoms with Crippen molar-refractivity contribution in [3.8, 4) is 0 Å². The topological polar surface area (TPSA) is 64.6 Å². The summed E-state index contributed by atoms with van der Waals surface area (Å²) in [5, 5.41) is 2.74. The first-order valence-electron chi connectivity index (χ1n) is 7.13. The Hall–Kier alpha value is -1.14. The third kappa shape index (κ3) is 3.06. The number of ether oxygens (including phenoxy) is 1. The molecule has 1 rings (SSSR count). The van der Waals surface area contributed by atoms with Gasteiger partial charge in [-0.2, -0.15) is 0 Å². The van der Waals surface area contributed by atoms with Crippen molar-refractivity contribution >= 4 is 20.2 Å². The quantitative estimate of drug-likeness (QED) is 0.491. The molecular weight excluding hydrogens is 286 g/mol. The first-order valence-corrected chi connectivity index (χ1v) is 10.0. The summed E-state index contributed by atoms with van der Waals surface area (Å²) in [6.07, 6.45) is 0. The monoisotopic (exact) mass is 313 g/mol. The molecule has 0 saturated carbocycles. The van der Waals surface area contributed by atoms with E-state index in [1.807, 2.05) is 0 Å². The van der Waals surface area contributed by atoms with E-state index < -0.39 is 25.7 Å². The average molecular weight is 313 g/mol. The second-order valence-electron chi connectivity index (χ2n) is 7.18. The maximum atomic E-state index is 12.2. The molecule has 0 spiro atoms. The standard InChI is InChI=1S/C15H27NO4Si/c1-10-11(2)15(13(18)19-6,16-12(10)17)9-20-21(7,8)14(3,4)5/h10H,2,9H2,1,3-8H3,(H,16,17)/t10-,15-/m1/s1. The van der Waals surface area contributed by atoms with Crippen LogP contribution in [0.2, 0.25) is 18.1 Å². The molecule has 1 aliphatic rings. The minimum atomic E-state index is -2.05. The zero-order chi connectivity index (χ0) is 16.6. The van der Waals surface area contributed by atoms with Gasteiger partial charge in [0.05, 0.1) is 19.6 Å². The number of carbonyl (C=O) groups excluding carboxylic acids is 2. The van der Waals surface area contributed by atoms with E-state index in [1.54, 1.807) is 6.92 Å². The van der Waals surface area contributed by atoms with E-state index in [1.165, 1.54) is 7.11 Å². The van der Waals surface area contributed by atoms with Crippen LogP contribution in [0.15, 0.2) is 12.2 Å². The van der Waals surface area contributed by atoms with Crippen LogP contribution >= 0.6 is 0 Å². The van der Waals surface area contributed by atoms with Gasteiger partial charge in [0.15, 0.2) is 13.9 Å². The van der Waals surface area contributed by atoms with Crippen molar-refractivity contribution in [3.05, 3.63) is 12.2 Å². The number of hydrogen-bond donors (Lipinski definition) is 1. The lowest BCUT2D eigenvalue weighted by molar-refractivity contribution is -0.148. The minimum absolute atomic E-state index is 0.0138. The summed E-state index contributed by atoms with van der Waals surface area (Å²) in [4.78, 5) is 24.2. The Bertz CT molecular complexity index is 467. The third-order valence-electron chi connectivity index (χ3n) is 4.79. The first kappa shape index (κ1) is 17.9. The van der Waals surface area contributed by atoms with Gasteiger partial charge < -0.3 is 14.5 Å². The zero-order valence-electron chi connectivity index (χ0n) is 14.1. The van der Waals surface area contributed by atoms with E-state index in [0.29, 0.717) is 5.57 Å². The first-order chi connectivity index (χ1) is 9.39. The molecule has 1 saturated heterocycles. The SMILES string of the molecule is C=C1[C@@H](C)C(=O)N[C@@]1(CO[Si](C)(C)C(C)(C)C)C(=O)OC. The predicted molar refractivity (Wildman–Crippen MR) is 84.3 cm³/mol. The van der Waals surface area contributed by atoms with Crippen LogP contribution in [0, 0.1) is 5.92 Å². The zero-order valence-corrected chi connectivity index (χ0v) is 15.1. The van der Waals surface area contributed by atoms with E-state index in [4.69, 9.17) is 9.16 Å². The van der Waals surface area contributed by atoms with Gasteiger partial charge in [-0.15, -0.1) is 0 Å². The maximum Gasteiger partial charge on any atom is 0.338 e. The molecule has 5 nitrogen and oxygen atoms in total. The van der Waals surface area contributed by atoms with Crippen LogP contribution in [0.25, 0.3) is 0 Å². The molecule has 0 bridgehead atoms. The van der Waals surface area contributed by atoms with Gasteiger partial charge in [-0.3, -0.25) is 4.79 Å². The van der Waals surface area contributed by atoms with Gasteiger partial charge in [-0.05, 0) is 30.6 Å². The van der Waals surface area contributed by atoms with Crippen LogP contribution < -0.4 is 5.32 Å². The number of carbonyl (C=O) groups is 2. The molecule has 1 heterocycles. The van der Waals surface area contributed by atoms with Crippen molar-refractivity contribution in [2.24, 2.45) is 5.92 Å². The normalized spacial score (nSPS) is 26.7. The molecule has 1 amide bonds. The van der Waals surface area contributed by atoms with Gasteiger partial charge in [0.2, 0.25) is 5.91 Å². The van der Waals surface area contributed by atoms with E-state index in [2.05, 4.69) is 45.8 Å². The number of methoxy groups -OCH3 is 1. The molecular formula is C15H27NO4Si. The Morgan fingerprint density at radius 1 is 1.43 bits per heavy atom. The van der Waals surface area contributed by atoms with Gasteiger partial charge in [-0.1, -0.05) is 27.4 Å². The fourth-order valence-electron chi connectivity index (χ4n) is 1.98. The van der Waals surface area contributed by atoms with Crippen LogP contribution in [0.4, 0.5) is 0 Å². The Morgan fingerprint density at radius 2 is 1.95 bits per heavy atom. The number of nitrogens with one attached hydrogen (secondary N) is 1. The molecule has 2 atom stereocenters. The van der Waals surface area contributed by atoms with Gasteiger partial charge in [0.1, 0.15) is 0 Å². The molecule has 0 aromatic heterocycles. The van der Waals surface area contributed by atoms with Crippen molar-refractivity contribution in [1.29, 1.82) is 0 Å². The molecule has 0 radical (unpaired) electrons. The van der Waals surface area contributed by atoms with Gasteiger partial charge >= 0.3 is 5.97 Å². The Morgan fingerprint density at radius 3 is 2.29 bits per heavy atom. The van der Waals surface area contributed by atoms with Crippen LogP contribution in [-0.2, 0) is 18.8 Å². The molecule has 0 aliphatic carbocycles. The highest BCUT2D eigenvalue weighted by Crippen LogP contribution is 2.39. The van der Waals surface area contributed by atoms with E-state index >= 15 is 0 Å². The number of rotatable bonds is 4. The summed E-state index contributed by atoms with van der Waals surface area (Å²) < 4.78 is 11.0. The highest BCUT2D eigenvalue weighted by Gasteiger charge is 2.54. The van der Waals surface area contributed by atoms with Gasteiger partial charge in [-0.25, -0.2) is 4.79 Å². The highest BCUT2D eigenvalue weighted by atomic mass is 28.4. The molecule has 1 aliphatic heterocycles. The molecule has 120 valence electrons. The van der Waals surface area contributed by atoms with Crippen molar-refractivity contribution < 1.29 is 18.8 Å². The average Bonchev–Trinajstić information content (AvgIpc) is 2.59. The van der Waals surface area contributed by atoms with Crippen molar-refractivity contribution in [1.82, 2.24) is 5.32 Å². The summed E-state index contributed by atoms with van der Waals surface area (Å²) in [6, 6.07) is 0. The fraction of sp³-hybridized carbons (Fsp3) is 0.733. The van der Waals surface area contributed by atoms with E-state index in [9.17, 15) is 9.59 Å². The summed E-state index contributed by atoms with van der Waals surface area (Å²) in [6.45, 7) is 16.3. The third-order valence-corrected chi connectivity index (χ3v) is 9.27. The van der Waals surface area contributed by atoms with Crippen molar-refractivity contribution in [2.45, 2.75) is 51.4 Å². The second-order valence-corrected chi connectivity index (χ2v) is 12.0. The van der Waals surface area contributed by atoms with Crippen molar-refractivity contribution in [3.63, 3.8) is 0 Å². The molecule has 1 fully saturated rings. The lowest BCUT2D eigenvalue weighted by Gasteiger charge is -2.39. The minimum Gasteiger partial charge on any atom is -0.467 e. The van der Waals surface area contributed by atoms with Crippen LogP contribution in [0.5, 0.6) is 0 Å². The molecule has 1 N–H and O–H groups in total. The lowest BCUT2D eigenvalue weighted by Crippen LogP contribution is -2.57. The lowest BCUT2D eigenvalue weighted by atomic mass is 9.89. The van der Waals surface area contributed by atoms with Crippen LogP contribution in [0.1, 0.15) is 27.7 Å². The maximum absolute atomic E-state index is 12.2. The number of esters is 1. The highest BCUT2D eigenvalue weighted by molar-refractivity contribution is 6.74. The van der Waals surface area contributed by atoms with E-state index in [-0.39, 0.29) is 17.6 Å². The molecule has 0 aromatic carbocycles.